The highest BCUT2D eigenvalue weighted by molar-refractivity contribution is 7.93. The summed E-state index contributed by atoms with van der Waals surface area (Å²) in [4.78, 5) is 28.1. The van der Waals surface area contributed by atoms with Gasteiger partial charge < -0.3 is 10.2 Å². The summed E-state index contributed by atoms with van der Waals surface area (Å²) in [5, 5.41) is 4.22. The van der Waals surface area contributed by atoms with Gasteiger partial charge in [0.2, 0.25) is 5.91 Å². The Kier molecular flexibility index (Phi) is 4.89. The lowest BCUT2D eigenvalue weighted by atomic mass is 10.0. The van der Waals surface area contributed by atoms with Gasteiger partial charge in [0.1, 0.15) is 6.54 Å². The van der Waals surface area contributed by atoms with Crippen LogP contribution in [0.25, 0.3) is 10.8 Å². The van der Waals surface area contributed by atoms with Crippen molar-refractivity contribution < 1.29 is 18.0 Å². The van der Waals surface area contributed by atoms with Crippen molar-refractivity contribution in [3.8, 4) is 0 Å². The van der Waals surface area contributed by atoms with Crippen LogP contribution in [0.4, 0.5) is 11.4 Å². The van der Waals surface area contributed by atoms with E-state index >= 15 is 0 Å². The molecule has 1 N–H and O–H groups in total. The van der Waals surface area contributed by atoms with Gasteiger partial charge in [-0.25, -0.2) is 8.42 Å². The van der Waals surface area contributed by atoms with Gasteiger partial charge in [-0.05, 0) is 48.9 Å². The number of anilines is 2. The van der Waals surface area contributed by atoms with Crippen molar-refractivity contribution in [1.29, 1.82) is 0 Å². The van der Waals surface area contributed by atoms with E-state index in [0.717, 1.165) is 28.1 Å². The highest BCUT2D eigenvalue weighted by Crippen LogP contribution is 2.41. The predicted octanol–water partition coefficient (Wildman–Crippen LogP) is 3.53. The number of benzene rings is 3. The Morgan fingerprint density at radius 3 is 2.41 bits per heavy atom. The number of nitrogens with zero attached hydrogens (tertiary/aromatic N) is 2. The van der Waals surface area contributed by atoms with Gasteiger partial charge in [0.05, 0.1) is 21.8 Å². The van der Waals surface area contributed by atoms with Crippen LogP contribution in [0.5, 0.6) is 0 Å². The quantitative estimate of drug-likeness (QED) is 0.660. The molecule has 3 aromatic carbocycles. The van der Waals surface area contributed by atoms with Crippen LogP contribution in [0.3, 0.4) is 0 Å². The van der Waals surface area contributed by atoms with Crippen LogP contribution in [0, 0.1) is 6.92 Å². The molecular formula is C24H23N3O4S. The smallest absolute Gasteiger partial charge is 0.265 e. The zero-order valence-electron chi connectivity index (χ0n) is 17.7. The summed E-state index contributed by atoms with van der Waals surface area (Å²) in [5.74, 6) is -0.610. The molecule has 0 aliphatic carbocycles. The van der Waals surface area contributed by atoms with Crippen molar-refractivity contribution in [3.63, 3.8) is 0 Å². The molecule has 2 aliphatic rings. The number of rotatable bonds is 4. The van der Waals surface area contributed by atoms with Crippen LogP contribution in [0.15, 0.2) is 59.5 Å². The summed E-state index contributed by atoms with van der Waals surface area (Å²) in [5.41, 5.74) is 2.12. The standard InChI is InChI=1S/C24H23N3O4S/c1-16-7-4-10-18(22(16)24(29)26-13-2-3-14-26)25-21(28)15-27-19-11-5-8-17-9-6-12-20(23(17)19)32(27,30)31/h4-12H,2-3,13-15H2,1H3,(H,25,28). The molecule has 0 aromatic heterocycles. The Hall–Kier alpha value is -3.39. The van der Waals surface area contributed by atoms with E-state index in [1.165, 1.54) is 0 Å². The Morgan fingerprint density at radius 1 is 0.969 bits per heavy atom. The van der Waals surface area contributed by atoms with E-state index in [9.17, 15) is 18.0 Å². The van der Waals surface area contributed by atoms with Crippen molar-refractivity contribution in [3.05, 3.63) is 65.7 Å². The maximum atomic E-state index is 13.1. The molecule has 0 saturated carbocycles. The molecule has 0 spiro atoms. The Bertz CT molecular complexity index is 1360. The molecule has 7 nitrogen and oxygen atoms in total. The third-order valence-electron chi connectivity index (χ3n) is 6.12. The van der Waals surface area contributed by atoms with E-state index in [1.807, 2.05) is 25.1 Å². The van der Waals surface area contributed by atoms with Crippen LogP contribution in [0.2, 0.25) is 0 Å². The number of hydrogen-bond donors (Lipinski definition) is 1. The van der Waals surface area contributed by atoms with Gasteiger partial charge >= 0.3 is 0 Å². The third-order valence-corrected chi connectivity index (χ3v) is 7.92. The van der Waals surface area contributed by atoms with Crippen LogP contribution < -0.4 is 9.62 Å². The number of sulfonamides is 1. The lowest BCUT2D eigenvalue weighted by molar-refractivity contribution is -0.114. The zero-order valence-corrected chi connectivity index (χ0v) is 18.5. The monoisotopic (exact) mass is 449 g/mol. The molecule has 32 heavy (non-hydrogen) atoms. The summed E-state index contributed by atoms with van der Waals surface area (Å²) in [6, 6.07) is 15.7. The number of amides is 2. The molecular weight excluding hydrogens is 426 g/mol. The first-order valence-electron chi connectivity index (χ1n) is 10.6. The number of carbonyl (C=O) groups excluding carboxylic acids is 2. The molecule has 8 heteroatoms. The van der Waals surface area contributed by atoms with Crippen LogP contribution in [-0.4, -0.2) is 44.8 Å². The molecule has 0 atom stereocenters. The fraction of sp³-hybridized carbons (Fsp3) is 0.250. The molecule has 0 radical (unpaired) electrons. The van der Waals surface area contributed by atoms with Gasteiger partial charge in [0, 0.05) is 18.5 Å². The highest BCUT2D eigenvalue weighted by atomic mass is 32.2. The fourth-order valence-electron chi connectivity index (χ4n) is 4.58. The molecule has 3 aromatic rings. The van der Waals surface area contributed by atoms with Gasteiger partial charge in [-0.2, -0.15) is 0 Å². The summed E-state index contributed by atoms with van der Waals surface area (Å²) >= 11 is 0. The second-order valence-corrected chi connectivity index (χ2v) is 10.0. The van der Waals surface area contributed by atoms with Gasteiger partial charge in [-0.3, -0.25) is 13.9 Å². The second-order valence-electron chi connectivity index (χ2n) is 8.19. The largest absolute Gasteiger partial charge is 0.339 e. The first-order chi connectivity index (χ1) is 15.4. The Morgan fingerprint density at radius 2 is 1.66 bits per heavy atom. The minimum absolute atomic E-state index is 0.109. The SMILES string of the molecule is Cc1cccc(NC(=O)CN2c3cccc4cccc(c34)S2(=O)=O)c1C(=O)N1CCCC1. The molecule has 1 saturated heterocycles. The maximum Gasteiger partial charge on any atom is 0.265 e. The average Bonchev–Trinajstić information content (AvgIpc) is 3.37. The van der Waals surface area contributed by atoms with Crippen LogP contribution in [-0.2, 0) is 14.8 Å². The Labute approximate surface area is 186 Å². The fourth-order valence-corrected chi connectivity index (χ4v) is 6.25. The molecule has 2 aliphatic heterocycles. The van der Waals surface area contributed by atoms with Crippen molar-refractivity contribution in [1.82, 2.24) is 4.90 Å². The Balaban J connectivity index is 1.44. The van der Waals surface area contributed by atoms with E-state index in [4.69, 9.17) is 0 Å². The van der Waals surface area contributed by atoms with Crippen LogP contribution in [0.1, 0.15) is 28.8 Å². The first-order valence-corrected chi connectivity index (χ1v) is 12.0. The normalized spacial score (nSPS) is 16.5. The molecule has 164 valence electrons. The van der Waals surface area contributed by atoms with Gasteiger partial charge in [-0.1, -0.05) is 36.4 Å². The van der Waals surface area contributed by atoms with Crippen LogP contribution >= 0.6 is 0 Å². The molecule has 0 bridgehead atoms. The maximum absolute atomic E-state index is 13.1. The van der Waals surface area contributed by atoms with Crippen molar-refractivity contribution in [2.45, 2.75) is 24.7 Å². The van der Waals surface area contributed by atoms with E-state index in [1.54, 1.807) is 41.3 Å². The van der Waals surface area contributed by atoms with Gasteiger partial charge in [-0.15, -0.1) is 0 Å². The van der Waals surface area contributed by atoms with Gasteiger partial charge in [0.15, 0.2) is 0 Å². The lowest BCUT2D eigenvalue weighted by Crippen LogP contribution is -2.36. The summed E-state index contributed by atoms with van der Waals surface area (Å²) in [6.45, 7) is 2.87. The van der Waals surface area contributed by atoms with E-state index < -0.39 is 15.9 Å². The molecule has 1 fully saturated rings. The molecule has 0 unspecified atom stereocenters. The van der Waals surface area contributed by atoms with Crippen molar-refractivity contribution >= 4 is 44.0 Å². The highest BCUT2D eigenvalue weighted by Gasteiger charge is 2.36. The number of carbonyl (C=O) groups is 2. The van der Waals surface area contributed by atoms with E-state index in [0.29, 0.717) is 35.4 Å². The molecule has 5 rings (SSSR count). The summed E-state index contributed by atoms with van der Waals surface area (Å²) in [6.07, 6.45) is 1.94. The molecule has 2 amide bonds. The van der Waals surface area contributed by atoms with Gasteiger partial charge in [0.25, 0.3) is 15.9 Å². The number of aryl methyl sites for hydroxylation is 1. The van der Waals surface area contributed by atoms with Crippen molar-refractivity contribution in [2.75, 3.05) is 29.3 Å². The van der Waals surface area contributed by atoms with E-state index in [2.05, 4.69) is 5.32 Å². The first kappa shape index (κ1) is 20.5. The van der Waals surface area contributed by atoms with Crippen molar-refractivity contribution in [2.24, 2.45) is 0 Å². The number of nitrogens with one attached hydrogen (secondary N) is 1. The summed E-state index contributed by atoms with van der Waals surface area (Å²) < 4.78 is 27.4. The third kappa shape index (κ3) is 3.22. The minimum atomic E-state index is -3.84. The molecule has 2 heterocycles. The van der Waals surface area contributed by atoms with E-state index in [-0.39, 0.29) is 17.3 Å². The zero-order chi connectivity index (χ0) is 22.5. The number of likely N-dealkylation sites (tertiary alicyclic amines) is 1. The summed E-state index contributed by atoms with van der Waals surface area (Å²) in [7, 11) is -3.84. The predicted molar refractivity (Wildman–Crippen MR) is 123 cm³/mol. The number of hydrogen-bond acceptors (Lipinski definition) is 4. The topological polar surface area (TPSA) is 86.8 Å². The lowest BCUT2D eigenvalue weighted by Gasteiger charge is -2.21. The average molecular weight is 450 g/mol. The minimum Gasteiger partial charge on any atom is -0.339 e. The second kappa shape index (κ2) is 7.63.